The summed E-state index contributed by atoms with van der Waals surface area (Å²) in [4.78, 5) is 12.0. The van der Waals surface area contributed by atoms with Gasteiger partial charge in [0.25, 0.3) is 5.56 Å². The molecule has 1 aromatic carbocycles. The molecule has 1 heterocycles. The van der Waals surface area contributed by atoms with Gasteiger partial charge in [0.15, 0.2) is 9.84 Å². The van der Waals surface area contributed by atoms with Crippen LogP contribution in [0.1, 0.15) is 0 Å². The Balaban J connectivity index is 2.06. The first-order chi connectivity index (χ1) is 9.92. The molecule has 21 heavy (non-hydrogen) atoms. The smallest absolute Gasteiger partial charge is 0.282 e. The zero-order valence-corrected chi connectivity index (χ0v) is 13.7. The minimum atomic E-state index is -3.34. The minimum absolute atomic E-state index is 0.0708. The topological polar surface area (TPSA) is 81.1 Å². The average Bonchev–Trinajstić information content (AvgIpc) is 2.48. The molecule has 8 heteroatoms. The van der Waals surface area contributed by atoms with Gasteiger partial charge in [0, 0.05) is 13.6 Å². The normalized spacial score (nSPS) is 11.3. The third-order valence-electron chi connectivity index (χ3n) is 2.87. The van der Waals surface area contributed by atoms with Gasteiger partial charge in [-0.25, -0.2) is 13.1 Å². The molecule has 0 aliphatic heterocycles. The lowest BCUT2D eigenvalue weighted by molar-refractivity contribution is 0.596. The van der Waals surface area contributed by atoms with Crippen LogP contribution in [-0.4, -0.2) is 30.5 Å². The van der Waals surface area contributed by atoms with Crippen LogP contribution in [0.4, 0.5) is 5.69 Å². The van der Waals surface area contributed by atoms with Crippen molar-refractivity contribution in [2.24, 2.45) is 7.05 Å². The number of nitrogens with zero attached hydrogens (tertiary/aromatic N) is 2. The predicted molar refractivity (Wildman–Crippen MR) is 84.2 cm³/mol. The van der Waals surface area contributed by atoms with Gasteiger partial charge in [-0.05, 0) is 28.1 Å². The first-order valence-electron chi connectivity index (χ1n) is 6.15. The number of anilines is 1. The van der Waals surface area contributed by atoms with Gasteiger partial charge in [0.05, 0.1) is 22.5 Å². The lowest BCUT2D eigenvalue weighted by Gasteiger charge is -2.09. The van der Waals surface area contributed by atoms with Gasteiger partial charge in [-0.2, -0.15) is 5.10 Å². The van der Waals surface area contributed by atoms with Crippen molar-refractivity contribution in [1.82, 2.24) is 9.78 Å². The maximum absolute atomic E-state index is 12.1. The highest BCUT2D eigenvalue weighted by atomic mass is 79.9. The molecule has 0 aliphatic rings. The third kappa shape index (κ3) is 3.70. The summed E-state index contributed by atoms with van der Waals surface area (Å²) < 4.78 is 25.7. The zero-order valence-electron chi connectivity index (χ0n) is 11.3. The molecule has 0 aliphatic carbocycles. The standard InChI is InChI=1S/C13H14BrN3O3S/c1-17-13(18)12(14)11(9-16-17)15-7-8-21(19,20)10-5-3-2-4-6-10/h2-6,9,15H,7-8H2,1H3. The molecular weight excluding hydrogens is 358 g/mol. The summed E-state index contributed by atoms with van der Waals surface area (Å²) in [6.07, 6.45) is 1.47. The number of sulfone groups is 1. The number of rotatable bonds is 5. The summed E-state index contributed by atoms with van der Waals surface area (Å²) in [6, 6.07) is 8.25. The Labute approximate surface area is 130 Å². The fourth-order valence-corrected chi connectivity index (χ4v) is 3.38. The van der Waals surface area contributed by atoms with Crippen molar-refractivity contribution in [3.63, 3.8) is 0 Å². The van der Waals surface area contributed by atoms with Crippen molar-refractivity contribution in [2.75, 3.05) is 17.6 Å². The molecule has 1 aromatic heterocycles. The van der Waals surface area contributed by atoms with Crippen LogP contribution in [0, 0.1) is 0 Å². The highest BCUT2D eigenvalue weighted by Gasteiger charge is 2.14. The van der Waals surface area contributed by atoms with E-state index in [4.69, 9.17) is 0 Å². The molecule has 6 nitrogen and oxygen atoms in total. The molecule has 0 spiro atoms. The highest BCUT2D eigenvalue weighted by molar-refractivity contribution is 9.10. The Hall–Kier alpha value is -1.67. The first kappa shape index (κ1) is 15.7. The quantitative estimate of drug-likeness (QED) is 0.859. The second kappa shape index (κ2) is 6.40. The molecule has 1 N–H and O–H groups in total. The Bertz CT molecular complexity index is 788. The van der Waals surface area contributed by atoms with E-state index in [9.17, 15) is 13.2 Å². The minimum Gasteiger partial charge on any atom is -0.382 e. The van der Waals surface area contributed by atoms with Crippen LogP contribution in [0.3, 0.4) is 0 Å². The SMILES string of the molecule is Cn1ncc(NCCS(=O)(=O)c2ccccc2)c(Br)c1=O. The summed E-state index contributed by atoms with van der Waals surface area (Å²) >= 11 is 3.17. The van der Waals surface area contributed by atoms with E-state index in [1.54, 1.807) is 30.3 Å². The number of benzene rings is 1. The van der Waals surface area contributed by atoms with Gasteiger partial charge in [0.1, 0.15) is 4.47 Å². The Morgan fingerprint density at radius 2 is 1.95 bits per heavy atom. The van der Waals surface area contributed by atoms with Gasteiger partial charge >= 0.3 is 0 Å². The van der Waals surface area contributed by atoms with Crippen LogP contribution in [0.25, 0.3) is 0 Å². The van der Waals surface area contributed by atoms with Crippen molar-refractivity contribution >= 4 is 31.5 Å². The molecule has 0 amide bonds. The van der Waals surface area contributed by atoms with Crippen molar-refractivity contribution < 1.29 is 8.42 Å². The lowest BCUT2D eigenvalue weighted by Crippen LogP contribution is -2.23. The third-order valence-corrected chi connectivity index (χ3v) is 5.37. The van der Waals surface area contributed by atoms with Crippen LogP contribution in [0.5, 0.6) is 0 Å². The van der Waals surface area contributed by atoms with Gasteiger partial charge < -0.3 is 5.32 Å². The van der Waals surface area contributed by atoms with E-state index >= 15 is 0 Å². The molecule has 0 saturated heterocycles. The molecule has 0 atom stereocenters. The Morgan fingerprint density at radius 1 is 1.29 bits per heavy atom. The van der Waals surface area contributed by atoms with E-state index in [0.29, 0.717) is 10.2 Å². The van der Waals surface area contributed by atoms with Crippen LogP contribution < -0.4 is 10.9 Å². The van der Waals surface area contributed by atoms with E-state index in [-0.39, 0.29) is 22.8 Å². The van der Waals surface area contributed by atoms with E-state index in [1.807, 2.05) is 0 Å². The van der Waals surface area contributed by atoms with Crippen LogP contribution in [0.15, 0.2) is 50.7 Å². The largest absolute Gasteiger partial charge is 0.382 e. The molecule has 112 valence electrons. The van der Waals surface area contributed by atoms with Crippen molar-refractivity contribution in [1.29, 1.82) is 0 Å². The van der Waals surface area contributed by atoms with Crippen LogP contribution in [-0.2, 0) is 16.9 Å². The summed E-state index contributed by atoms with van der Waals surface area (Å²) in [5.41, 5.74) is 0.187. The number of hydrogen-bond donors (Lipinski definition) is 1. The predicted octanol–water partition coefficient (Wildman–Crippen LogP) is 1.43. The Morgan fingerprint density at radius 3 is 2.62 bits per heavy atom. The highest BCUT2D eigenvalue weighted by Crippen LogP contribution is 2.16. The van der Waals surface area contributed by atoms with E-state index < -0.39 is 9.84 Å². The molecular formula is C13H14BrN3O3S. The lowest BCUT2D eigenvalue weighted by atomic mass is 10.4. The summed E-state index contributed by atoms with van der Waals surface area (Å²) in [5.74, 6) is -0.0708. The molecule has 0 saturated carbocycles. The van der Waals surface area contributed by atoms with Gasteiger partial charge in [-0.3, -0.25) is 4.79 Å². The maximum atomic E-state index is 12.1. The molecule has 0 bridgehead atoms. The molecule has 2 rings (SSSR count). The van der Waals surface area contributed by atoms with Crippen molar-refractivity contribution in [3.05, 3.63) is 51.4 Å². The van der Waals surface area contributed by atoms with Gasteiger partial charge in [0.2, 0.25) is 0 Å². The van der Waals surface area contributed by atoms with Gasteiger partial charge in [-0.1, -0.05) is 18.2 Å². The monoisotopic (exact) mass is 371 g/mol. The number of aryl methyl sites for hydroxylation is 1. The van der Waals surface area contributed by atoms with Crippen LogP contribution in [0.2, 0.25) is 0 Å². The number of aromatic nitrogens is 2. The van der Waals surface area contributed by atoms with Crippen molar-refractivity contribution in [2.45, 2.75) is 4.90 Å². The number of nitrogens with one attached hydrogen (secondary N) is 1. The molecule has 0 radical (unpaired) electrons. The van der Waals surface area contributed by atoms with Crippen LogP contribution >= 0.6 is 15.9 Å². The average molecular weight is 372 g/mol. The summed E-state index contributed by atoms with van der Waals surface area (Å²) in [7, 11) is -1.80. The fourth-order valence-electron chi connectivity index (χ4n) is 1.70. The second-order valence-electron chi connectivity index (χ2n) is 4.36. The summed E-state index contributed by atoms with van der Waals surface area (Å²) in [5, 5.41) is 6.78. The summed E-state index contributed by atoms with van der Waals surface area (Å²) in [6.45, 7) is 0.185. The molecule has 0 fully saturated rings. The Kier molecular flexibility index (Phi) is 4.79. The molecule has 2 aromatic rings. The van der Waals surface area contributed by atoms with E-state index in [2.05, 4.69) is 26.3 Å². The fraction of sp³-hybridized carbons (Fsp3) is 0.231. The van der Waals surface area contributed by atoms with Gasteiger partial charge in [-0.15, -0.1) is 0 Å². The zero-order chi connectivity index (χ0) is 15.5. The second-order valence-corrected chi connectivity index (χ2v) is 7.26. The van der Waals surface area contributed by atoms with E-state index in [1.165, 1.54) is 17.9 Å². The molecule has 0 unspecified atom stereocenters. The van der Waals surface area contributed by atoms with Crippen molar-refractivity contribution in [3.8, 4) is 0 Å². The first-order valence-corrected chi connectivity index (χ1v) is 8.60. The number of hydrogen-bond acceptors (Lipinski definition) is 5. The maximum Gasteiger partial charge on any atom is 0.282 e. The van der Waals surface area contributed by atoms with E-state index in [0.717, 1.165) is 0 Å². The number of halogens is 1.